The highest BCUT2D eigenvalue weighted by Crippen LogP contribution is 1.94. The second kappa shape index (κ2) is 17.1. The van der Waals surface area contributed by atoms with E-state index in [4.69, 9.17) is 5.73 Å². The van der Waals surface area contributed by atoms with Crippen molar-refractivity contribution in [3.63, 3.8) is 0 Å². The van der Waals surface area contributed by atoms with Gasteiger partial charge in [-0.05, 0) is 31.7 Å². The van der Waals surface area contributed by atoms with Gasteiger partial charge < -0.3 is 16.0 Å². The zero-order chi connectivity index (χ0) is 14.9. The molecule has 4 nitrogen and oxygen atoms in total. The van der Waals surface area contributed by atoms with E-state index in [9.17, 15) is 0 Å². The molecule has 0 radical (unpaired) electrons. The van der Waals surface area contributed by atoms with Gasteiger partial charge in [-0.1, -0.05) is 27.7 Å². The molecule has 0 saturated carbocycles. The smallest absolute Gasteiger partial charge is 0.0401 e. The Morgan fingerprint density at radius 1 is 1.21 bits per heavy atom. The summed E-state index contributed by atoms with van der Waals surface area (Å²) < 4.78 is 0. The van der Waals surface area contributed by atoms with E-state index >= 15 is 0 Å². The monoisotopic (exact) mass is 270 g/mol. The predicted molar refractivity (Wildman–Crippen MR) is 87.9 cm³/mol. The molecule has 4 heteroatoms. The minimum atomic E-state index is 0.898. The number of rotatable bonds is 5. The molecule has 0 spiro atoms. The quantitative estimate of drug-likeness (QED) is 0.595. The molecule has 0 aromatic carbocycles. The lowest BCUT2D eigenvalue weighted by Gasteiger charge is -2.26. The van der Waals surface area contributed by atoms with Crippen LogP contribution in [0, 0.1) is 0 Å². The Bertz CT molecular complexity index is 218. The van der Waals surface area contributed by atoms with Gasteiger partial charge in [0.25, 0.3) is 0 Å². The van der Waals surface area contributed by atoms with E-state index in [1.165, 1.54) is 13.1 Å². The second-order valence-corrected chi connectivity index (χ2v) is 3.89. The first-order valence-corrected chi connectivity index (χ1v) is 7.64. The molecule has 0 aromatic heterocycles. The number of hydrogen-bond acceptors (Lipinski definition) is 4. The topological polar surface area (TPSA) is 53.6 Å². The lowest BCUT2D eigenvalue weighted by atomic mass is 10.3. The summed E-state index contributed by atoms with van der Waals surface area (Å²) >= 11 is 0. The molecule has 0 aromatic rings. The summed E-state index contributed by atoms with van der Waals surface area (Å²) in [5, 5.41) is 3.35. The maximum Gasteiger partial charge on any atom is 0.0401 e. The van der Waals surface area contributed by atoms with Gasteiger partial charge in [0.15, 0.2) is 0 Å². The third-order valence-electron chi connectivity index (χ3n) is 2.53. The van der Waals surface area contributed by atoms with E-state index in [-0.39, 0.29) is 0 Å². The van der Waals surface area contributed by atoms with Crippen molar-refractivity contribution in [2.24, 2.45) is 10.7 Å². The van der Waals surface area contributed by atoms with Crippen molar-refractivity contribution in [3.8, 4) is 0 Å². The Hall–Kier alpha value is -0.870. The molecule has 1 heterocycles. The largest absolute Gasteiger partial charge is 0.404 e. The Morgan fingerprint density at radius 2 is 1.79 bits per heavy atom. The van der Waals surface area contributed by atoms with Gasteiger partial charge in [-0.25, -0.2) is 0 Å². The van der Waals surface area contributed by atoms with Crippen LogP contribution in [0.3, 0.4) is 0 Å². The summed E-state index contributed by atoms with van der Waals surface area (Å²) in [7, 11) is 0. The molecule has 0 atom stereocenters. The summed E-state index contributed by atoms with van der Waals surface area (Å²) in [5.74, 6) is 0. The number of aliphatic imine (C=N–C) groups is 1. The Balaban J connectivity index is 0. The van der Waals surface area contributed by atoms with Crippen LogP contribution in [0.15, 0.2) is 16.8 Å². The number of allylic oxidation sites excluding steroid dienone is 1. The molecule has 3 N–H and O–H groups in total. The molecule has 1 saturated heterocycles. The predicted octanol–water partition coefficient (Wildman–Crippen LogP) is 2.27. The fraction of sp³-hybridized carbons (Fsp3) is 0.800. The average molecular weight is 270 g/mol. The van der Waals surface area contributed by atoms with Gasteiger partial charge >= 0.3 is 0 Å². The summed E-state index contributed by atoms with van der Waals surface area (Å²) in [6, 6.07) is 0. The van der Waals surface area contributed by atoms with Gasteiger partial charge in [0.1, 0.15) is 0 Å². The van der Waals surface area contributed by atoms with Crippen LogP contribution in [0.5, 0.6) is 0 Å². The normalized spacial score (nSPS) is 16.4. The lowest BCUT2D eigenvalue weighted by molar-refractivity contribution is 0.240. The Labute approximate surface area is 120 Å². The first kappa shape index (κ1) is 20.4. The Kier molecular flexibility index (Phi) is 18.4. The van der Waals surface area contributed by atoms with Gasteiger partial charge in [-0.3, -0.25) is 4.99 Å². The number of nitrogens with two attached hydrogens (primary N) is 1. The van der Waals surface area contributed by atoms with Crippen LogP contribution in [0.4, 0.5) is 0 Å². The van der Waals surface area contributed by atoms with Crippen molar-refractivity contribution in [1.82, 2.24) is 10.2 Å². The van der Waals surface area contributed by atoms with Crippen LogP contribution in [0.2, 0.25) is 0 Å². The second-order valence-electron chi connectivity index (χ2n) is 3.89. The highest BCUT2D eigenvalue weighted by atomic mass is 15.2. The fourth-order valence-electron chi connectivity index (χ4n) is 1.57. The van der Waals surface area contributed by atoms with Crippen LogP contribution < -0.4 is 11.1 Å². The van der Waals surface area contributed by atoms with Crippen molar-refractivity contribution in [1.29, 1.82) is 0 Å². The first-order valence-electron chi connectivity index (χ1n) is 7.64. The number of nitrogens with zero attached hydrogens (tertiary/aromatic N) is 2. The van der Waals surface area contributed by atoms with Crippen molar-refractivity contribution in [3.05, 3.63) is 11.8 Å². The highest BCUT2D eigenvalue weighted by Gasteiger charge is 2.07. The van der Waals surface area contributed by atoms with E-state index in [1.54, 1.807) is 6.20 Å². The minimum Gasteiger partial charge on any atom is -0.404 e. The Morgan fingerprint density at radius 3 is 2.32 bits per heavy atom. The zero-order valence-electron chi connectivity index (χ0n) is 13.6. The third kappa shape index (κ3) is 13.4. The molecule has 114 valence electrons. The van der Waals surface area contributed by atoms with Crippen LogP contribution in [-0.4, -0.2) is 50.4 Å². The zero-order valence-corrected chi connectivity index (χ0v) is 13.6. The number of piperazine rings is 1. The molecule has 1 rings (SSSR count). The lowest BCUT2D eigenvalue weighted by Crippen LogP contribution is -2.43. The van der Waals surface area contributed by atoms with Crippen LogP contribution in [0.1, 0.15) is 41.0 Å². The average Bonchev–Trinajstić information content (AvgIpc) is 2.51. The third-order valence-corrected chi connectivity index (χ3v) is 2.53. The van der Waals surface area contributed by atoms with E-state index in [2.05, 4.69) is 15.2 Å². The minimum absolute atomic E-state index is 0.898. The summed E-state index contributed by atoms with van der Waals surface area (Å²) in [5.41, 5.74) is 6.36. The highest BCUT2D eigenvalue weighted by molar-refractivity contribution is 5.77. The molecule has 1 aliphatic rings. The van der Waals surface area contributed by atoms with Gasteiger partial charge in [0, 0.05) is 38.9 Å². The summed E-state index contributed by atoms with van der Waals surface area (Å²) in [6.07, 6.45) is 4.56. The maximum absolute atomic E-state index is 5.34. The van der Waals surface area contributed by atoms with Crippen molar-refractivity contribution >= 4 is 6.21 Å². The van der Waals surface area contributed by atoms with Crippen molar-refractivity contribution < 1.29 is 0 Å². The molecule has 0 amide bonds. The van der Waals surface area contributed by atoms with E-state index < -0.39 is 0 Å². The number of hydrogen-bond donors (Lipinski definition) is 2. The van der Waals surface area contributed by atoms with Gasteiger partial charge in [0.2, 0.25) is 0 Å². The van der Waals surface area contributed by atoms with Crippen molar-refractivity contribution in [2.45, 2.75) is 41.0 Å². The van der Waals surface area contributed by atoms with Crippen LogP contribution in [0.25, 0.3) is 0 Å². The molecule has 0 aliphatic carbocycles. The molecule has 1 fully saturated rings. The standard InChI is InChI=1S/C11H22N4.2C2H6/c1-11(9-12)10-14-3-2-6-15-7-4-13-5-8-15;2*1-2/h9-10,13H,2-8,12H2,1H3;2*1-2H3/b11-9-,14-10?;;. The van der Waals surface area contributed by atoms with Gasteiger partial charge in [-0.2, -0.15) is 0 Å². The van der Waals surface area contributed by atoms with Crippen molar-refractivity contribution in [2.75, 3.05) is 39.3 Å². The molecular weight excluding hydrogens is 236 g/mol. The number of nitrogens with one attached hydrogen (secondary N) is 1. The fourth-order valence-corrected chi connectivity index (χ4v) is 1.57. The molecule has 19 heavy (non-hydrogen) atoms. The van der Waals surface area contributed by atoms with Crippen LogP contribution >= 0.6 is 0 Å². The van der Waals surface area contributed by atoms with E-state index in [0.29, 0.717) is 0 Å². The molecular formula is C15H34N4. The van der Waals surface area contributed by atoms with E-state index in [0.717, 1.165) is 38.2 Å². The van der Waals surface area contributed by atoms with Gasteiger partial charge in [0.05, 0.1) is 0 Å². The maximum atomic E-state index is 5.34. The first-order chi connectivity index (χ1) is 9.33. The van der Waals surface area contributed by atoms with E-state index in [1.807, 2.05) is 40.8 Å². The summed E-state index contributed by atoms with van der Waals surface area (Å²) in [4.78, 5) is 6.79. The summed E-state index contributed by atoms with van der Waals surface area (Å²) in [6.45, 7) is 16.6. The molecule has 0 bridgehead atoms. The molecule has 1 aliphatic heterocycles. The molecule has 0 unspecified atom stereocenters. The van der Waals surface area contributed by atoms with Crippen LogP contribution in [-0.2, 0) is 0 Å². The SMILES string of the molecule is C/C(C=NCCCN1CCNCC1)=C/N.CC.CC. The van der Waals surface area contributed by atoms with Gasteiger partial charge in [-0.15, -0.1) is 0 Å².